The normalized spacial score (nSPS) is 17.6. The number of alkyl halides is 6. The van der Waals surface area contributed by atoms with E-state index in [1.807, 2.05) is 0 Å². The maximum atomic E-state index is 14.0. The van der Waals surface area contributed by atoms with E-state index in [9.17, 15) is 35.9 Å². The summed E-state index contributed by atoms with van der Waals surface area (Å²) in [5.74, 6) is -1.72. The molecule has 1 aliphatic rings. The first-order valence-corrected chi connectivity index (χ1v) is 13.7. The van der Waals surface area contributed by atoms with Crippen LogP contribution in [0.25, 0.3) is 10.8 Å². The van der Waals surface area contributed by atoms with Crippen molar-refractivity contribution in [3.05, 3.63) is 112 Å². The molecule has 2 amide bonds. The van der Waals surface area contributed by atoms with Crippen LogP contribution in [0.15, 0.2) is 79.0 Å². The van der Waals surface area contributed by atoms with Crippen LogP contribution in [0.5, 0.6) is 0 Å². The summed E-state index contributed by atoms with van der Waals surface area (Å²) in [7, 11) is 0. The predicted octanol–water partition coefficient (Wildman–Crippen LogP) is 7.92. The molecule has 1 atom stereocenters. The molecule has 12 heteroatoms. The molecular weight excluding hydrogens is 596 g/mol. The summed E-state index contributed by atoms with van der Waals surface area (Å²) >= 11 is 6.05. The Morgan fingerprint density at radius 3 is 2.19 bits per heavy atom. The Labute approximate surface area is 247 Å². The van der Waals surface area contributed by atoms with Crippen molar-refractivity contribution in [1.29, 1.82) is 0 Å². The van der Waals surface area contributed by atoms with E-state index in [1.54, 1.807) is 54.6 Å². The molecule has 0 spiro atoms. The monoisotopic (exact) mass is 619 g/mol. The van der Waals surface area contributed by atoms with Crippen LogP contribution in [0.3, 0.4) is 0 Å². The molecule has 5 rings (SSSR count). The third-order valence-electron chi connectivity index (χ3n) is 7.46. The number of hydrogen-bond donors (Lipinski definition) is 1. The van der Waals surface area contributed by atoms with E-state index in [1.165, 1.54) is 11.1 Å². The highest BCUT2D eigenvalue weighted by Gasteiger charge is 2.45. The van der Waals surface area contributed by atoms with Crippen LogP contribution in [0.2, 0.25) is 5.02 Å². The van der Waals surface area contributed by atoms with Gasteiger partial charge in [-0.2, -0.15) is 26.3 Å². The van der Waals surface area contributed by atoms with Gasteiger partial charge in [0.1, 0.15) is 11.4 Å². The largest absolute Gasteiger partial charge is 0.416 e. The molecule has 2 heterocycles. The van der Waals surface area contributed by atoms with Gasteiger partial charge >= 0.3 is 12.4 Å². The summed E-state index contributed by atoms with van der Waals surface area (Å²) in [6.45, 7) is -0.0206. The van der Waals surface area contributed by atoms with Gasteiger partial charge < -0.3 is 10.2 Å². The fourth-order valence-electron chi connectivity index (χ4n) is 5.44. The lowest BCUT2D eigenvalue weighted by molar-refractivity contribution is -0.143. The van der Waals surface area contributed by atoms with E-state index >= 15 is 0 Å². The number of benzene rings is 3. The van der Waals surface area contributed by atoms with Gasteiger partial charge in [0.2, 0.25) is 0 Å². The van der Waals surface area contributed by atoms with Crippen LogP contribution in [-0.2, 0) is 18.8 Å². The Kier molecular flexibility index (Phi) is 8.13. The number of carbonyl (C=O) groups excluding carboxylic acids is 2. The number of fused-ring (bicyclic) bond motifs is 1. The van der Waals surface area contributed by atoms with Crippen molar-refractivity contribution >= 4 is 34.2 Å². The highest BCUT2D eigenvalue weighted by Crippen LogP contribution is 2.38. The molecule has 0 radical (unpaired) electrons. The van der Waals surface area contributed by atoms with Gasteiger partial charge in [-0.3, -0.25) is 14.6 Å². The third-order valence-corrected chi connectivity index (χ3v) is 7.72. The Morgan fingerprint density at radius 2 is 1.53 bits per heavy atom. The van der Waals surface area contributed by atoms with E-state index in [2.05, 4.69) is 10.3 Å². The van der Waals surface area contributed by atoms with Crippen LogP contribution in [0.1, 0.15) is 56.8 Å². The van der Waals surface area contributed by atoms with E-state index in [4.69, 9.17) is 11.6 Å². The summed E-state index contributed by atoms with van der Waals surface area (Å²) < 4.78 is 81.8. The molecule has 4 aromatic rings. The number of hydrogen-bond acceptors (Lipinski definition) is 3. The van der Waals surface area contributed by atoms with Crippen molar-refractivity contribution in [2.45, 2.75) is 43.7 Å². The number of pyridine rings is 1. The van der Waals surface area contributed by atoms with E-state index in [0.717, 1.165) is 5.39 Å². The predicted molar refractivity (Wildman–Crippen MR) is 148 cm³/mol. The minimum Gasteiger partial charge on any atom is -0.327 e. The molecule has 1 saturated heterocycles. The standard InChI is InChI=1S/C31H24ClF6N3O2/c32-24-9-7-19(8-10-24)18-29(40-27(42)26-25-6-2-1-5-20(25)11-13-39-26)12-3-4-14-41(29)28(43)21-15-22(30(33,34)35)17-23(16-21)31(36,37)38/h1-2,5-11,13,15-17H,3-4,12,14,18H2,(H,40,42)/t29-/m1/s1. The lowest BCUT2D eigenvalue weighted by Gasteiger charge is -2.48. The number of rotatable bonds is 5. The van der Waals surface area contributed by atoms with Crippen LogP contribution in [0, 0.1) is 0 Å². The van der Waals surface area contributed by atoms with Crippen LogP contribution < -0.4 is 5.32 Å². The van der Waals surface area contributed by atoms with Crippen molar-refractivity contribution in [1.82, 2.24) is 15.2 Å². The van der Waals surface area contributed by atoms with Gasteiger partial charge in [-0.25, -0.2) is 0 Å². The second-order valence-corrected chi connectivity index (χ2v) is 10.8. The van der Waals surface area contributed by atoms with Gasteiger partial charge in [0.15, 0.2) is 0 Å². The van der Waals surface area contributed by atoms with Gasteiger partial charge in [0.25, 0.3) is 11.8 Å². The summed E-state index contributed by atoms with van der Waals surface area (Å²) in [5.41, 5.74) is -4.81. The lowest BCUT2D eigenvalue weighted by Crippen LogP contribution is -2.65. The highest BCUT2D eigenvalue weighted by molar-refractivity contribution is 6.30. The van der Waals surface area contributed by atoms with Gasteiger partial charge in [-0.15, -0.1) is 0 Å². The lowest BCUT2D eigenvalue weighted by atomic mass is 9.87. The molecule has 43 heavy (non-hydrogen) atoms. The Balaban J connectivity index is 1.62. The minimum atomic E-state index is -5.13. The van der Waals surface area contributed by atoms with Crippen molar-refractivity contribution in [2.24, 2.45) is 0 Å². The smallest absolute Gasteiger partial charge is 0.327 e. The van der Waals surface area contributed by atoms with E-state index in [0.29, 0.717) is 40.9 Å². The number of carbonyl (C=O) groups is 2. The van der Waals surface area contributed by atoms with Crippen LogP contribution in [-0.4, -0.2) is 33.9 Å². The maximum Gasteiger partial charge on any atom is 0.416 e. The topological polar surface area (TPSA) is 62.3 Å². The Morgan fingerprint density at radius 1 is 0.884 bits per heavy atom. The number of likely N-dealkylation sites (tertiary alicyclic amines) is 1. The molecule has 0 bridgehead atoms. The molecular formula is C31H24ClF6N3O2. The van der Waals surface area contributed by atoms with Crippen molar-refractivity contribution in [2.75, 3.05) is 6.54 Å². The van der Waals surface area contributed by atoms with Gasteiger partial charge in [0.05, 0.1) is 11.1 Å². The Bertz CT molecular complexity index is 1640. The van der Waals surface area contributed by atoms with E-state index < -0.39 is 46.5 Å². The number of halogens is 7. The molecule has 0 aliphatic carbocycles. The highest BCUT2D eigenvalue weighted by atomic mass is 35.5. The summed E-state index contributed by atoms with van der Waals surface area (Å²) in [5, 5.41) is 4.62. The average molecular weight is 620 g/mol. The minimum absolute atomic E-state index is 0.0114. The molecule has 1 aliphatic heterocycles. The van der Waals surface area contributed by atoms with E-state index in [-0.39, 0.29) is 31.1 Å². The summed E-state index contributed by atoms with van der Waals surface area (Å²) in [4.78, 5) is 33.2. The first-order valence-electron chi connectivity index (χ1n) is 13.3. The van der Waals surface area contributed by atoms with Crippen LogP contribution in [0.4, 0.5) is 26.3 Å². The molecule has 0 saturated carbocycles. The average Bonchev–Trinajstić information content (AvgIpc) is 2.97. The third kappa shape index (κ3) is 6.46. The fourth-order valence-corrected chi connectivity index (χ4v) is 5.56. The molecule has 1 fully saturated rings. The molecule has 5 nitrogen and oxygen atoms in total. The summed E-state index contributed by atoms with van der Waals surface area (Å²) in [6, 6.07) is 16.1. The van der Waals surface area contributed by atoms with Crippen molar-refractivity contribution < 1.29 is 35.9 Å². The number of nitrogens with one attached hydrogen (secondary N) is 1. The zero-order chi connectivity index (χ0) is 31.0. The van der Waals surface area contributed by atoms with Crippen molar-refractivity contribution in [3.63, 3.8) is 0 Å². The van der Waals surface area contributed by atoms with Gasteiger partial charge in [0, 0.05) is 35.1 Å². The molecule has 0 unspecified atom stereocenters. The van der Waals surface area contributed by atoms with Gasteiger partial charge in [-0.05, 0) is 66.6 Å². The first-order chi connectivity index (χ1) is 20.3. The number of piperidine rings is 1. The van der Waals surface area contributed by atoms with Crippen LogP contribution >= 0.6 is 11.6 Å². The zero-order valence-corrected chi connectivity index (χ0v) is 23.2. The molecule has 1 aromatic heterocycles. The number of aromatic nitrogens is 1. The SMILES string of the molecule is O=C(N[C@]1(Cc2ccc(Cl)cc2)CCCCN1C(=O)c1cc(C(F)(F)F)cc(C(F)(F)F)c1)c1nccc2ccccc12. The fraction of sp³-hybridized carbons (Fsp3) is 0.258. The summed E-state index contributed by atoms with van der Waals surface area (Å²) in [6.07, 6.45) is -7.67. The Hall–Kier alpha value is -4.12. The number of amides is 2. The number of nitrogens with zero attached hydrogens (tertiary/aromatic N) is 2. The molecule has 224 valence electrons. The maximum absolute atomic E-state index is 14.0. The quantitative estimate of drug-likeness (QED) is 0.231. The van der Waals surface area contributed by atoms with Crippen molar-refractivity contribution in [3.8, 4) is 0 Å². The van der Waals surface area contributed by atoms with Gasteiger partial charge in [-0.1, -0.05) is 48.0 Å². The molecule has 3 aromatic carbocycles. The second-order valence-electron chi connectivity index (χ2n) is 10.4. The second kappa shape index (κ2) is 11.5. The molecule has 1 N–H and O–H groups in total. The zero-order valence-electron chi connectivity index (χ0n) is 22.4. The first kappa shape index (κ1) is 30.3.